The van der Waals surface area contributed by atoms with Gasteiger partial charge in [0.2, 0.25) is 0 Å². The molecule has 0 atom stereocenters. The van der Waals surface area contributed by atoms with E-state index in [0.717, 1.165) is 18.2 Å². The highest BCUT2D eigenvalue weighted by Gasteiger charge is 2.45. The van der Waals surface area contributed by atoms with Crippen molar-refractivity contribution >= 4 is 11.6 Å². The number of aromatic nitrogens is 1. The zero-order valence-corrected chi connectivity index (χ0v) is 13.5. The fourth-order valence-corrected chi connectivity index (χ4v) is 4.09. The van der Waals surface area contributed by atoms with Gasteiger partial charge >= 0.3 is 0 Å². The van der Waals surface area contributed by atoms with Crippen LogP contribution in [0.15, 0.2) is 46.1 Å². The number of rotatable bonds is 2. The molecule has 5 heteroatoms. The third-order valence-electron chi connectivity index (χ3n) is 5.17. The van der Waals surface area contributed by atoms with Crippen molar-refractivity contribution in [2.75, 3.05) is 18.5 Å². The summed E-state index contributed by atoms with van der Waals surface area (Å²) < 4.78 is 4.89. The van der Waals surface area contributed by atoms with Crippen molar-refractivity contribution in [2.45, 2.75) is 37.6 Å². The van der Waals surface area contributed by atoms with Crippen LogP contribution >= 0.6 is 0 Å². The molecule has 5 nitrogen and oxygen atoms in total. The molecular weight excluding hydrogens is 288 g/mol. The minimum Gasteiger partial charge on any atom is -0.364 e. The highest BCUT2D eigenvalue weighted by Crippen LogP contribution is 2.50. The average molecular weight is 310 g/mol. The molecule has 2 heterocycles. The van der Waals surface area contributed by atoms with E-state index >= 15 is 0 Å². The van der Waals surface area contributed by atoms with E-state index in [0.29, 0.717) is 12.0 Å². The number of benzene rings is 1. The molecule has 1 spiro atoms. The summed E-state index contributed by atoms with van der Waals surface area (Å²) in [5, 5.41) is 7.37. The van der Waals surface area contributed by atoms with Crippen molar-refractivity contribution in [1.82, 2.24) is 10.5 Å². The van der Waals surface area contributed by atoms with Crippen LogP contribution in [0.25, 0.3) is 0 Å². The first-order valence-electron chi connectivity index (χ1n) is 8.29. The lowest BCUT2D eigenvalue weighted by Gasteiger charge is -2.26. The zero-order chi connectivity index (χ0) is 15.7. The largest absolute Gasteiger partial charge is 0.364 e. The number of aliphatic imine (C=N–C) groups is 1. The van der Waals surface area contributed by atoms with Gasteiger partial charge in [-0.2, -0.15) is 0 Å². The van der Waals surface area contributed by atoms with Crippen molar-refractivity contribution < 1.29 is 4.52 Å². The molecule has 1 fully saturated rings. The Morgan fingerprint density at radius 1 is 1.30 bits per heavy atom. The van der Waals surface area contributed by atoms with E-state index in [1.165, 1.54) is 36.9 Å². The van der Waals surface area contributed by atoms with E-state index in [1.807, 2.05) is 13.1 Å². The second-order valence-corrected chi connectivity index (χ2v) is 6.48. The Balaban J connectivity index is 1.60. The molecule has 0 bridgehead atoms. The maximum Gasteiger partial charge on any atom is 0.198 e. The first kappa shape index (κ1) is 14.3. The van der Waals surface area contributed by atoms with E-state index in [4.69, 9.17) is 4.52 Å². The molecule has 2 aliphatic rings. The Morgan fingerprint density at radius 2 is 2.13 bits per heavy atom. The number of nitrogens with one attached hydrogen (secondary N) is 1. The van der Waals surface area contributed by atoms with Crippen LogP contribution in [0.2, 0.25) is 0 Å². The fourth-order valence-electron chi connectivity index (χ4n) is 4.09. The average Bonchev–Trinajstić information content (AvgIpc) is 3.32. The van der Waals surface area contributed by atoms with Crippen molar-refractivity contribution in [2.24, 2.45) is 4.99 Å². The van der Waals surface area contributed by atoms with Gasteiger partial charge in [-0.15, -0.1) is 0 Å². The van der Waals surface area contributed by atoms with Crippen LogP contribution in [0.5, 0.6) is 0 Å². The maximum absolute atomic E-state index is 4.89. The van der Waals surface area contributed by atoms with Crippen molar-refractivity contribution in [3.05, 3.63) is 47.9 Å². The van der Waals surface area contributed by atoms with Crippen LogP contribution in [-0.2, 0) is 12.0 Å². The van der Waals surface area contributed by atoms with Gasteiger partial charge in [-0.3, -0.25) is 4.99 Å². The summed E-state index contributed by atoms with van der Waals surface area (Å²) in [4.78, 5) is 6.83. The lowest BCUT2D eigenvalue weighted by molar-refractivity contribution is 0.410. The van der Waals surface area contributed by atoms with Gasteiger partial charge in [-0.1, -0.05) is 36.2 Å². The summed E-state index contributed by atoms with van der Waals surface area (Å²) in [5.74, 6) is 0.907. The molecule has 4 rings (SSSR count). The number of guanidine groups is 1. The third kappa shape index (κ3) is 2.40. The number of hydrogen-bond acceptors (Lipinski definition) is 3. The minimum absolute atomic E-state index is 0.308. The van der Waals surface area contributed by atoms with Gasteiger partial charge in [0.05, 0.1) is 6.54 Å². The molecule has 0 saturated heterocycles. The number of nitrogens with zero attached hydrogens (tertiary/aromatic N) is 3. The number of fused-ring (bicyclic) bond motifs is 2. The van der Waals surface area contributed by atoms with Gasteiger partial charge in [0.1, 0.15) is 12.0 Å². The topological polar surface area (TPSA) is 53.7 Å². The molecular formula is C18H22N4O. The Bertz CT molecular complexity index is 702. The van der Waals surface area contributed by atoms with Crippen molar-refractivity contribution in [3.8, 4) is 0 Å². The smallest absolute Gasteiger partial charge is 0.198 e. The van der Waals surface area contributed by atoms with Crippen LogP contribution in [0.4, 0.5) is 5.69 Å². The monoisotopic (exact) mass is 310 g/mol. The van der Waals surface area contributed by atoms with Crippen molar-refractivity contribution in [3.63, 3.8) is 0 Å². The van der Waals surface area contributed by atoms with Gasteiger partial charge in [0.15, 0.2) is 5.96 Å². The molecule has 0 amide bonds. The highest BCUT2D eigenvalue weighted by atomic mass is 16.5. The summed E-state index contributed by atoms with van der Waals surface area (Å²) >= 11 is 0. The summed E-state index contributed by atoms with van der Waals surface area (Å²) in [5.41, 5.74) is 3.97. The fraction of sp³-hybridized carbons (Fsp3) is 0.444. The lowest BCUT2D eigenvalue weighted by Crippen LogP contribution is -2.43. The minimum atomic E-state index is 0.308. The van der Waals surface area contributed by atoms with Gasteiger partial charge in [-0.05, 0) is 24.5 Å². The summed E-state index contributed by atoms with van der Waals surface area (Å²) in [7, 11) is 1.84. The van der Waals surface area contributed by atoms with Crippen molar-refractivity contribution in [1.29, 1.82) is 0 Å². The molecule has 2 aromatic rings. The number of para-hydroxylation sites is 1. The molecule has 1 N–H and O–H groups in total. The summed E-state index contributed by atoms with van der Waals surface area (Å²) in [6.07, 6.45) is 6.81. The van der Waals surface area contributed by atoms with Gasteiger partial charge in [0.25, 0.3) is 0 Å². The molecule has 1 aromatic carbocycles. The van der Waals surface area contributed by atoms with Crippen LogP contribution in [0.3, 0.4) is 0 Å². The van der Waals surface area contributed by atoms with Gasteiger partial charge < -0.3 is 14.7 Å². The van der Waals surface area contributed by atoms with E-state index in [2.05, 4.69) is 44.6 Å². The Kier molecular flexibility index (Phi) is 3.56. The van der Waals surface area contributed by atoms with Gasteiger partial charge in [-0.25, -0.2) is 0 Å². The third-order valence-corrected chi connectivity index (χ3v) is 5.17. The van der Waals surface area contributed by atoms with Crippen LogP contribution in [-0.4, -0.2) is 24.7 Å². The molecule has 23 heavy (non-hydrogen) atoms. The zero-order valence-electron chi connectivity index (χ0n) is 13.5. The Labute approximate surface area is 136 Å². The van der Waals surface area contributed by atoms with Gasteiger partial charge in [0, 0.05) is 30.8 Å². The molecule has 1 aliphatic heterocycles. The molecule has 0 radical (unpaired) electrons. The Hall–Kier alpha value is -2.30. The predicted octanol–water partition coefficient (Wildman–Crippen LogP) is 3.08. The summed E-state index contributed by atoms with van der Waals surface area (Å²) in [6.45, 7) is 1.64. The highest BCUT2D eigenvalue weighted by molar-refractivity contribution is 5.98. The predicted molar refractivity (Wildman–Crippen MR) is 90.6 cm³/mol. The lowest BCUT2D eigenvalue weighted by atomic mass is 9.81. The van der Waals surface area contributed by atoms with Crippen LogP contribution < -0.4 is 10.2 Å². The van der Waals surface area contributed by atoms with E-state index in [1.54, 1.807) is 6.26 Å². The molecule has 1 saturated carbocycles. The van der Waals surface area contributed by atoms with Crippen LogP contribution in [0, 0.1) is 0 Å². The quantitative estimate of drug-likeness (QED) is 0.684. The maximum atomic E-state index is 4.89. The normalized spacial score (nSPS) is 19.3. The molecule has 0 unspecified atom stereocenters. The van der Waals surface area contributed by atoms with Crippen LogP contribution in [0.1, 0.15) is 36.9 Å². The second kappa shape index (κ2) is 5.72. The number of anilines is 1. The molecule has 120 valence electrons. The summed E-state index contributed by atoms with van der Waals surface area (Å²) in [6, 6.07) is 10.7. The standard InChI is InChI=1S/C18H22N4O/c1-19-17(20-12-14-8-11-23-21-14)22-13-18(9-4-5-10-18)15-6-2-3-7-16(15)22/h2-3,6-8,11H,4-5,9-10,12-13H2,1H3,(H,19,20). The first-order chi connectivity index (χ1) is 11.3. The van der Waals surface area contributed by atoms with E-state index in [-0.39, 0.29) is 0 Å². The Morgan fingerprint density at radius 3 is 2.87 bits per heavy atom. The first-order valence-corrected chi connectivity index (χ1v) is 8.29. The molecule has 1 aliphatic carbocycles. The molecule has 1 aromatic heterocycles. The number of hydrogen-bond donors (Lipinski definition) is 1. The van der Waals surface area contributed by atoms with E-state index < -0.39 is 0 Å². The second-order valence-electron chi connectivity index (χ2n) is 6.48. The van der Waals surface area contributed by atoms with E-state index in [9.17, 15) is 0 Å². The SMILES string of the molecule is CN=C(NCc1ccon1)N1CC2(CCCC2)c2ccccc21.